The van der Waals surface area contributed by atoms with Crippen molar-refractivity contribution in [2.24, 2.45) is 17.6 Å². The number of alkyl halides is 1. The maximum Gasteiger partial charge on any atom is 0.140 e. The Bertz CT molecular complexity index is 287. The minimum Gasteiger partial charge on any atom is -0.330 e. The highest BCUT2D eigenvalue weighted by Crippen LogP contribution is 2.38. The van der Waals surface area contributed by atoms with E-state index in [2.05, 4.69) is 15.9 Å². The van der Waals surface area contributed by atoms with Crippen LogP contribution in [-0.2, 0) is 0 Å². The third-order valence-electron chi connectivity index (χ3n) is 2.40. The van der Waals surface area contributed by atoms with Gasteiger partial charge in [0.05, 0.1) is 4.88 Å². The van der Waals surface area contributed by atoms with Crippen LogP contribution in [0.1, 0.15) is 24.9 Å². The van der Waals surface area contributed by atoms with E-state index in [4.69, 9.17) is 5.73 Å². The van der Waals surface area contributed by atoms with Crippen LogP contribution in [-0.4, -0.2) is 6.54 Å². The summed E-state index contributed by atoms with van der Waals surface area (Å²) in [5, 5.41) is 1.89. The van der Waals surface area contributed by atoms with E-state index >= 15 is 0 Å². The Balaban J connectivity index is 2.83. The van der Waals surface area contributed by atoms with Gasteiger partial charge >= 0.3 is 0 Å². The fourth-order valence-corrected chi connectivity index (χ4v) is 3.07. The molecule has 0 fully saturated rings. The molecule has 4 heteroatoms. The first kappa shape index (κ1) is 12.1. The van der Waals surface area contributed by atoms with Gasteiger partial charge in [-0.15, -0.1) is 11.3 Å². The van der Waals surface area contributed by atoms with E-state index in [1.165, 1.54) is 11.3 Å². The lowest BCUT2D eigenvalue weighted by Crippen LogP contribution is -2.24. The second-order valence-electron chi connectivity index (χ2n) is 3.68. The molecule has 0 radical (unpaired) electrons. The van der Waals surface area contributed by atoms with Crippen LogP contribution in [0.25, 0.3) is 0 Å². The SMILES string of the molecule is CC(C)C(CN)C(F)c1sccc1Br. The van der Waals surface area contributed by atoms with E-state index < -0.39 is 6.17 Å². The summed E-state index contributed by atoms with van der Waals surface area (Å²) >= 11 is 4.78. The summed E-state index contributed by atoms with van der Waals surface area (Å²) in [4.78, 5) is 0.758. The summed E-state index contributed by atoms with van der Waals surface area (Å²) in [6.45, 7) is 4.40. The summed E-state index contributed by atoms with van der Waals surface area (Å²) in [6.07, 6.45) is -0.950. The third-order valence-corrected chi connectivity index (χ3v) is 4.32. The van der Waals surface area contributed by atoms with Gasteiger partial charge in [-0.3, -0.25) is 0 Å². The van der Waals surface area contributed by atoms with Crippen LogP contribution < -0.4 is 5.73 Å². The number of hydrogen-bond acceptors (Lipinski definition) is 2. The van der Waals surface area contributed by atoms with Crippen LogP contribution in [0.2, 0.25) is 0 Å². The lowest BCUT2D eigenvalue weighted by atomic mass is 9.90. The molecular formula is C10H15BrFNS. The Morgan fingerprint density at radius 1 is 1.57 bits per heavy atom. The molecule has 0 aliphatic rings. The molecule has 1 nitrogen and oxygen atoms in total. The van der Waals surface area contributed by atoms with Crippen LogP contribution in [0.5, 0.6) is 0 Å². The minimum atomic E-state index is -0.950. The average Bonchev–Trinajstić information content (AvgIpc) is 2.51. The molecule has 0 aliphatic heterocycles. The van der Waals surface area contributed by atoms with Crippen molar-refractivity contribution in [3.8, 4) is 0 Å². The topological polar surface area (TPSA) is 26.0 Å². The third kappa shape index (κ3) is 2.55. The van der Waals surface area contributed by atoms with Gasteiger partial charge < -0.3 is 5.73 Å². The van der Waals surface area contributed by atoms with Gasteiger partial charge in [0.1, 0.15) is 6.17 Å². The molecule has 1 aromatic rings. The van der Waals surface area contributed by atoms with Crippen molar-refractivity contribution in [3.63, 3.8) is 0 Å². The first-order valence-corrected chi connectivity index (χ1v) is 6.32. The lowest BCUT2D eigenvalue weighted by molar-refractivity contribution is 0.191. The van der Waals surface area contributed by atoms with Gasteiger partial charge in [-0.25, -0.2) is 4.39 Å². The van der Waals surface area contributed by atoms with Gasteiger partial charge in [0.25, 0.3) is 0 Å². The molecule has 0 spiro atoms. The Kier molecular flexibility index (Phi) is 4.54. The molecule has 0 saturated heterocycles. The minimum absolute atomic E-state index is 0.0926. The van der Waals surface area contributed by atoms with E-state index in [9.17, 15) is 4.39 Å². The van der Waals surface area contributed by atoms with Crippen LogP contribution in [0.4, 0.5) is 4.39 Å². The molecule has 1 rings (SSSR count). The summed E-state index contributed by atoms with van der Waals surface area (Å²) in [5.74, 6) is 0.175. The van der Waals surface area contributed by atoms with Gasteiger partial charge in [-0.2, -0.15) is 0 Å². The van der Waals surface area contributed by atoms with E-state index in [1.807, 2.05) is 25.3 Å². The molecule has 2 unspecified atom stereocenters. The summed E-state index contributed by atoms with van der Waals surface area (Å²) in [5.41, 5.74) is 5.58. The molecule has 0 saturated carbocycles. The predicted octanol–water partition coefficient (Wildman–Crippen LogP) is 3.75. The predicted molar refractivity (Wildman–Crippen MR) is 63.3 cm³/mol. The molecule has 1 aromatic heterocycles. The van der Waals surface area contributed by atoms with E-state index in [0.29, 0.717) is 6.54 Å². The van der Waals surface area contributed by atoms with Gasteiger partial charge in [0.2, 0.25) is 0 Å². The van der Waals surface area contributed by atoms with Crippen molar-refractivity contribution < 1.29 is 4.39 Å². The summed E-state index contributed by atoms with van der Waals surface area (Å²) in [6, 6.07) is 1.88. The normalized spacial score (nSPS) is 15.9. The van der Waals surface area contributed by atoms with Crippen molar-refractivity contribution in [1.82, 2.24) is 0 Å². The second kappa shape index (κ2) is 5.24. The molecule has 0 amide bonds. The number of halogens is 2. The highest BCUT2D eigenvalue weighted by atomic mass is 79.9. The molecule has 1 heterocycles. The summed E-state index contributed by atoms with van der Waals surface area (Å²) < 4.78 is 14.9. The zero-order valence-corrected chi connectivity index (χ0v) is 10.7. The second-order valence-corrected chi connectivity index (χ2v) is 5.48. The Morgan fingerprint density at radius 2 is 2.21 bits per heavy atom. The molecule has 80 valence electrons. The summed E-state index contributed by atoms with van der Waals surface area (Å²) in [7, 11) is 0. The lowest BCUT2D eigenvalue weighted by Gasteiger charge is -2.22. The number of rotatable bonds is 4. The first-order valence-electron chi connectivity index (χ1n) is 4.65. The van der Waals surface area contributed by atoms with Crippen molar-refractivity contribution >= 4 is 27.3 Å². The average molecular weight is 280 g/mol. The zero-order chi connectivity index (χ0) is 10.7. The molecule has 14 heavy (non-hydrogen) atoms. The molecule has 0 aliphatic carbocycles. The number of nitrogens with two attached hydrogens (primary N) is 1. The van der Waals surface area contributed by atoms with Crippen molar-refractivity contribution in [2.45, 2.75) is 20.0 Å². The fraction of sp³-hybridized carbons (Fsp3) is 0.600. The fourth-order valence-electron chi connectivity index (χ4n) is 1.43. The van der Waals surface area contributed by atoms with Crippen LogP contribution in [0.3, 0.4) is 0 Å². The van der Waals surface area contributed by atoms with Crippen molar-refractivity contribution in [1.29, 1.82) is 0 Å². The monoisotopic (exact) mass is 279 g/mol. The quantitative estimate of drug-likeness (QED) is 0.893. The van der Waals surface area contributed by atoms with E-state index in [-0.39, 0.29) is 11.8 Å². The number of hydrogen-bond donors (Lipinski definition) is 1. The number of thiophene rings is 1. The highest BCUT2D eigenvalue weighted by molar-refractivity contribution is 9.10. The largest absolute Gasteiger partial charge is 0.330 e. The van der Waals surface area contributed by atoms with Gasteiger partial charge in [0, 0.05) is 10.4 Å². The Morgan fingerprint density at radius 3 is 2.57 bits per heavy atom. The van der Waals surface area contributed by atoms with Gasteiger partial charge in [0.15, 0.2) is 0 Å². The van der Waals surface area contributed by atoms with E-state index in [0.717, 1.165) is 9.35 Å². The maximum absolute atomic E-state index is 14.0. The van der Waals surface area contributed by atoms with Crippen LogP contribution in [0, 0.1) is 11.8 Å². The molecule has 2 atom stereocenters. The zero-order valence-electron chi connectivity index (χ0n) is 8.34. The standard InChI is InChI=1S/C10H15BrFNS/c1-6(2)7(5-13)9(12)10-8(11)3-4-14-10/h3-4,6-7,9H,5,13H2,1-2H3. The van der Waals surface area contributed by atoms with E-state index in [1.54, 1.807) is 0 Å². The van der Waals surface area contributed by atoms with Crippen LogP contribution >= 0.6 is 27.3 Å². The molecular weight excluding hydrogens is 265 g/mol. The molecule has 0 bridgehead atoms. The van der Waals surface area contributed by atoms with Crippen molar-refractivity contribution in [3.05, 3.63) is 20.8 Å². The maximum atomic E-state index is 14.0. The molecule has 0 aromatic carbocycles. The Labute approximate surface area is 96.6 Å². The van der Waals surface area contributed by atoms with Gasteiger partial charge in [-0.1, -0.05) is 13.8 Å². The molecule has 2 N–H and O–H groups in total. The smallest absolute Gasteiger partial charge is 0.140 e. The highest BCUT2D eigenvalue weighted by Gasteiger charge is 2.26. The van der Waals surface area contributed by atoms with Crippen molar-refractivity contribution in [2.75, 3.05) is 6.54 Å². The first-order chi connectivity index (χ1) is 6.57. The Hall–Kier alpha value is 0.0700. The van der Waals surface area contributed by atoms with Crippen LogP contribution in [0.15, 0.2) is 15.9 Å². The van der Waals surface area contributed by atoms with Gasteiger partial charge in [-0.05, 0) is 39.8 Å².